The molecule has 0 bridgehead atoms. The maximum Gasteiger partial charge on any atom is 0.149 e. The summed E-state index contributed by atoms with van der Waals surface area (Å²) in [5.74, 6) is 1.96. The number of aromatic nitrogens is 2. The van der Waals surface area contributed by atoms with E-state index in [0.29, 0.717) is 11.8 Å². The van der Waals surface area contributed by atoms with Crippen molar-refractivity contribution >= 4 is 0 Å². The average Bonchev–Trinajstić information content (AvgIpc) is 3.08. The minimum absolute atomic E-state index is 0.364. The van der Waals surface area contributed by atoms with Gasteiger partial charge in [0.2, 0.25) is 0 Å². The Labute approximate surface area is 101 Å². The maximum atomic E-state index is 5.55. The molecule has 2 heterocycles. The summed E-state index contributed by atoms with van der Waals surface area (Å²) in [4.78, 5) is 4.44. The van der Waals surface area contributed by atoms with Crippen LogP contribution in [0.4, 0.5) is 0 Å². The SMILES string of the molecule is CC(C)c1noc(C2CC2)c1-c1ccccn1. The van der Waals surface area contributed by atoms with Crippen LogP contribution in [-0.2, 0) is 0 Å². The van der Waals surface area contributed by atoms with Gasteiger partial charge in [-0.25, -0.2) is 0 Å². The standard InChI is InChI=1S/C14H16N2O/c1-9(2)13-12(11-5-3-4-8-15-11)14(17-16-13)10-6-7-10/h3-5,8-10H,6-7H2,1-2H3. The molecule has 2 aromatic rings. The molecule has 3 rings (SSSR count). The predicted molar refractivity (Wildman–Crippen MR) is 65.8 cm³/mol. The number of hydrogen-bond donors (Lipinski definition) is 0. The Kier molecular flexibility index (Phi) is 2.46. The number of rotatable bonds is 3. The van der Waals surface area contributed by atoms with Crippen molar-refractivity contribution in [3.05, 3.63) is 35.9 Å². The summed E-state index contributed by atoms with van der Waals surface area (Å²) >= 11 is 0. The molecule has 2 aromatic heterocycles. The molecule has 0 atom stereocenters. The third-order valence-electron chi connectivity index (χ3n) is 3.16. The lowest BCUT2D eigenvalue weighted by Gasteiger charge is -2.05. The molecule has 1 aliphatic carbocycles. The first-order valence-corrected chi connectivity index (χ1v) is 6.18. The third kappa shape index (κ3) is 1.86. The molecule has 0 aromatic carbocycles. The molecule has 1 aliphatic rings. The van der Waals surface area contributed by atoms with E-state index in [1.807, 2.05) is 24.4 Å². The second-order valence-electron chi connectivity index (χ2n) is 4.95. The van der Waals surface area contributed by atoms with Crippen molar-refractivity contribution in [2.24, 2.45) is 0 Å². The van der Waals surface area contributed by atoms with E-state index in [4.69, 9.17) is 4.52 Å². The highest BCUT2D eigenvalue weighted by atomic mass is 16.5. The van der Waals surface area contributed by atoms with Crippen molar-refractivity contribution in [2.45, 2.75) is 38.5 Å². The van der Waals surface area contributed by atoms with Gasteiger partial charge in [0.05, 0.1) is 17.0 Å². The highest BCUT2D eigenvalue weighted by Crippen LogP contribution is 2.46. The molecule has 0 spiro atoms. The van der Waals surface area contributed by atoms with E-state index in [0.717, 1.165) is 22.7 Å². The third-order valence-corrected chi connectivity index (χ3v) is 3.16. The highest BCUT2D eigenvalue weighted by molar-refractivity contribution is 5.65. The van der Waals surface area contributed by atoms with Crippen molar-refractivity contribution in [3.63, 3.8) is 0 Å². The molecule has 0 unspecified atom stereocenters. The molecule has 0 N–H and O–H groups in total. The largest absolute Gasteiger partial charge is 0.360 e. The summed E-state index contributed by atoms with van der Waals surface area (Å²) in [6, 6.07) is 5.98. The fourth-order valence-electron chi connectivity index (χ4n) is 2.10. The Morgan fingerprint density at radius 1 is 1.29 bits per heavy atom. The van der Waals surface area contributed by atoms with Gasteiger partial charge in [-0.15, -0.1) is 0 Å². The lowest BCUT2D eigenvalue weighted by atomic mass is 9.99. The minimum Gasteiger partial charge on any atom is -0.360 e. The van der Waals surface area contributed by atoms with E-state index in [1.165, 1.54) is 12.8 Å². The van der Waals surface area contributed by atoms with Crippen LogP contribution >= 0.6 is 0 Å². The topological polar surface area (TPSA) is 38.9 Å². The quantitative estimate of drug-likeness (QED) is 0.803. The predicted octanol–water partition coefficient (Wildman–Crippen LogP) is 3.74. The molecule has 17 heavy (non-hydrogen) atoms. The van der Waals surface area contributed by atoms with Crippen LogP contribution in [0.3, 0.4) is 0 Å². The Hall–Kier alpha value is -1.64. The van der Waals surface area contributed by atoms with Crippen molar-refractivity contribution in [3.8, 4) is 11.3 Å². The Bertz CT molecular complexity index is 493. The van der Waals surface area contributed by atoms with Crippen LogP contribution in [-0.4, -0.2) is 10.1 Å². The van der Waals surface area contributed by atoms with Gasteiger partial charge >= 0.3 is 0 Å². The average molecular weight is 228 g/mol. The van der Waals surface area contributed by atoms with E-state index < -0.39 is 0 Å². The van der Waals surface area contributed by atoms with Gasteiger partial charge in [-0.05, 0) is 30.9 Å². The van der Waals surface area contributed by atoms with Crippen LogP contribution in [0, 0.1) is 0 Å². The molecule has 1 saturated carbocycles. The summed E-state index contributed by atoms with van der Waals surface area (Å²) in [7, 11) is 0. The highest BCUT2D eigenvalue weighted by Gasteiger charge is 2.33. The van der Waals surface area contributed by atoms with E-state index in [1.54, 1.807) is 0 Å². The van der Waals surface area contributed by atoms with Crippen LogP contribution in [0.1, 0.15) is 50.0 Å². The van der Waals surface area contributed by atoms with E-state index >= 15 is 0 Å². The van der Waals surface area contributed by atoms with E-state index in [2.05, 4.69) is 24.0 Å². The van der Waals surface area contributed by atoms with Crippen molar-refractivity contribution in [2.75, 3.05) is 0 Å². The zero-order valence-corrected chi connectivity index (χ0v) is 10.2. The summed E-state index contributed by atoms with van der Waals surface area (Å²) in [6.45, 7) is 4.28. The van der Waals surface area contributed by atoms with Gasteiger partial charge in [0.1, 0.15) is 5.76 Å². The Balaban J connectivity index is 2.14. The lowest BCUT2D eigenvalue weighted by Crippen LogP contribution is -1.93. The fraction of sp³-hybridized carbons (Fsp3) is 0.429. The van der Waals surface area contributed by atoms with E-state index in [-0.39, 0.29) is 0 Å². The molecule has 0 aliphatic heterocycles. The first-order chi connectivity index (χ1) is 8.27. The number of hydrogen-bond acceptors (Lipinski definition) is 3. The van der Waals surface area contributed by atoms with Gasteiger partial charge in [0, 0.05) is 12.1 Å². The fourth-order valence-corrected chi connectivity index (χ4v) is 2.10. The molecule has 0 radical (unpaired) electrons. The number of nitrogens with zero attached hydrogens (tertiary/aromatic N) is 2. The van der Waals surface area contributed by atoms with Crippen molar-refractivity contribution in [1.82, 2.24) is 10.1 Å². The van der Waals surface area contributed by atoms with Crippen molar-refractivity contribution in [1.29, 1.82) is 0 Å². The smallest absolute Gasteiger partial charge is 0.149 e. The second-order valence-corrected chi connectivity index (χ2v) is 4.95. The van der Waals surface area contributed by atoms with Crippen LogP contribution in [0.2, 0.25) is 0 Å². The summed E-state index contributed by atoms with van der Waals surface area (Å²) in [6.07, 6.45) is 4.25. The minimum atomic E-state index is 0.364. The molecular formula is C14H16N2O. The zero-order valence-electron chi connectivity index (χ0n) is 10.2. The maximum absolute atomic E-state index is 5.55. The van der Waals surface area contributed by atoms with Crippen molar-refractivity contribution < 1.29 is 4.52 Å². The summed E-state index contributed by atoms with van der Waals surface area (Å²) in [5.41, 5.74) is 3.15. The van der Waals surface area contributed by atoms with Crippen LogP contribution < -0.4 is 0 Å². The summed E-state index contributed by atoms with van der Waals surface area (Å²) in [5, 5.41) is 4.24. The van der Waals surface area contributed by atoms with Gasteiger partial charge in [-0.2, -0.15) is 0 Å². The molecular weight excluding hydrogens is 212 g/mol. The first kappa shape index (κ1) is 10.5. The van der Waals surface area contributed by atoms with Gasteiger partial charge in [-0.1, -0.05) is 25.1 Å². The Morgan fingerprint density at radius 3 is 2.71 bits per heavy atom. The number of pyridine rings is 1. The Morgan fingerprint density at radius 2 is 2.12 bits per heavy atom. The van der Waals surface area contributed by atoms with Crippen LogP contribution in [0.15, 0.2) is 28.9 Å². The molecule has 1 fully saturated rings. The lowest BCUT2D eigenvalue weighted by molar-refractivity contribution is 0.376. The molecule has 0 amide bonds. The molecule has 3 nitrogen and oxygen atoms in total. The zero-order chi connectivity index (χ0) is 11.8. The van der Waals surface area contributed by atoms with Gasteiger partial charge in [-0.3, -0.25) is 4.98 Å². The van der Waals surface area contributed by atoms with Gasteiger partial charge < -0.3 is 4.52 Å². The monoisotopic (exact) mass is 228 g/mol. The molecule has 3 heteroatoms. The van der Waals surface area contributed by atoms with Gasteiger partial charge in [0.25, 0.3) is 0 Å². The normalized spacial score (nSPS) is 15.5. The molecule has 0 saturated heterocycles. The summed E-state index contributed by atoms with van der Waals surface area (Å²) < 4.78 is 5.55. The second kappa shape index (κ2) is 3.99. The van der Waals surface area contributed by atoms with Crippen LogP contribution in [0.25, 0.3) is 11.3 Å². The van der Waals surface area contributed by atoms with E-state index in [9.17, 15) is 0 Å². The van der Waals surface area contributed by atoms with Gasteiger partial charge in [0.15, 0.2) is 0 Å². The molecule has 88 valence electrons. The first-order valence-electron chi connectivity index (χ1n) is 6.18. The van der Waals surface area contributed by atoms with Crippen LogP contribution in [0.5, 0.6) is 0 Å².